The molecular formula is C16H24N2O3. The normalized spacial score (nSPS) is 22.8. The summed E-state index contributed by atoms with van der Waals surface area (Å²) in [5.74, 6) is 0.816. The smallest absolute Gasteiger partial charge is 0.225 e. The number of benzene rings is 1. The molecule has 0 unspecified atom stereocenters. The number of amides is 1. The maximum Gasteiger partial charge on any atom is 0.225 e. The quantitative estimate of drug-likeness (QED) is 0.903. The largest absolute Gasteiger partial charge is 0.497 e. The highest BCUT2D eigenvalue weighted by Gasteiger charge is 2.22. The van der Waals surface area contributed by atoms with E-state index in [0.29, 0.717) is 6.42 Å². The summed E-state index contributed by atoms with van der Waals surface area (Å²) in [7, 11) is 1.62. The third-order valence-electron chi connectivity index (χ3n) is 3.52. The summed E-state index contributed by atoms with van der Waals surface area (Å²) in [6.07, 6.45) is 0.961. The van der Waals surface area contributed by atoms with Crippen LogP contribution in [0.2, 0.25) is 0 Å². The first-order valence-corrected chi connectivity index (χ1v) is 7.38. The Balaban J connectivity index is 1.76. The second kappa shape index (κ2) is 7.43. The van der Waals surface area contributed by atoms with E-state index in [1.807, 2.05) is 24.3 Å². The molecule has 1 heterocycles. The van der Waals surface area contributed by atoms with Crippen molar-refractivity contribution in [3.8, 4) is 5.75 Å². The fraction of sp³-hybridized carbons (Fsp3) is 0.562. The van der Waals surface area contributed by atoms with Gasteiger partial charge in [0.25, 0.3) is 0 Å². The molecule has 1 fully saturated rings. The standard InChI is InChI=1S/C16H24N2O3/c1-12-10-18(11-13(2)21-12)9-8-16(19)17-14-4-6-15(20-3)7-5-14/h4-7,12-13H,8-11H2,1-3H3,(H,17,19)/t12-,13+. The lowest BCUT2D eigenvalue weighted by Crippen LogP contribution is -2.46. The summed E-state index contributed by atoms with van der Waals surface area (Å²) in [6, 6.07) is 7.35. The van der Waals surface area contributed by atoms with Gasteiger partial charge in [-0.05, 0) is 38.1 Å². The van der Waals surface area contributed by atoms with Gasteiger partial charge >= 0.3 is 0 Å². The van der Waals surface area contributed by atoms with Crippen LogP contribution in [0, 0.1) is 0 Å². The number of nitrogens with one attached hydrogen (secondary N) is 1. The molecule has 1 aromatic carbocycles. The Bertz CT molecular complexity index is 451. The zero-order chi connectivity index (χ0) is 15.2. The Morgan fingerprint density at radius 2 is 1.90 bits per heavy atom. The molecule has 0 aliphatic carbocycles. The number of carbonyl (C=O) groups is 1. The zero-order valence-corrected chi connectivity index (χ0v) is 13.0. The number of methoxy groups -OCH3 is 1. The average Bonchev–Trinajstić information content (AvgIpc) is 2.45. The van der Waals surface area contributed by atoms with Gasteiger partial charge in [0, 0.05) is 31.7 Å². The molecule has 1 aliphatic heterocycles. The third-order valence-corrected chi connectivity index (χ3v) is 3.52. The van der Waals surface area contributed by atoms with E-state index in [2.05, 4.69) is 24.1 Å². The van der Waals surface area contributed by atoms with Crippen molar-refractivity contribution in [3.05, 3.63) is 24.3 Å². The molecule has 1 amide bonds. The van der Waals surface area contributed by atoms with Gasteiger partial charge in [0.05, 0.1) is 19.3 Å². The van der Waals surface area contributed by atoms with Gasteiger partial charge in [-0.2, -0.15) is 0 Å². The Labute approximate surface area is 126 Å². The summed E-state index contributed by atoms with van der Waals surface area (Å²) in [5.41, 5.74) is 0.796. The summed E-state index contributed by atoms with van der Waals surface area (Å²) >= 11 is 0. The number of rotatable bonds is 5. The van der Waals surface area contributed by atoms with Crippen LogP contribution in [0.25, 0.3) is 0 Å². The van der Waals surface area contributed by atoms with Crippen molar-refractivity contribution >= 4 is 11.6 Å². The molecule has 0 aromatic heterocycles. The fourth-order valence-electron chi connectivity index (χ4n) is 2.62. The van der Waals surface area contributed by atoms with E-state index in [0.717, 1.165) is 31.1 Å². The lowest BCUT2D eigenvalue weighted by molar-refractivity contribution is -0.117. The van der Waals surface area contributed by atoms with Crippen LogP contribution in [0.4, 0.5) is 5.69 Å². The highest BCUT2D eigenvalue weighted by molar-refractivity contribution is 5.90. The predicted molar refractivity (Wildman–Crippen MR) is 82.7 cm³/mol. The second-order valence-corrected chi connectivity index (χ2v) is 5.54. The van der Waals surface area contributed by atoms with Gasteiger partial charge in [0.1, 0.15) is 5.75 Å². The van der Waals surface area contributed by atoms with Gasteiger partial charge in [-0.15, -0.1) is 0 Å². The molecule has 0 spiro atoms. The molecule has 2 atom stereocenters. The molecule has 1 saturated heterocycles. The Hall–Kier alpha value is -1.59. The zero-order valence-electron chi connectivity index (χ0n) is 13.0. The third kappa shape index (κ3) is 5.02. The molecule has 1 aromatic rings. The number of nitrogens with zero attached hydrogens (tertiary/aromatic N) is 1. The highest BCUT2D eigenvalue weighted by atomic mass is 16.5. The number of morpholine rings is 1. The van der Waals surface area contributed by atoms with Crippen molar-refractivity contribution in [1.29, 1.82) is 0 Å². The summed E-state index contributed by atoms with van der Waals surface area (Å²) in [6.45, 7) is 6.68. The molecule has 21 heavy (non-hydrogen) atoms. The van der Waals surface area contributed by atoms with Crippen LogP contribution in [-0.4, -0.2) is 49.8 Å². The number of carbonyl (C=O) groups excluding carboxylic acids is 1. The lowest BCUT2D eigenvalue weighted by Gasteiger charge is -2.35. The molecular weight excluding hydrogens is 268 g/mol. The van der Waals surface area contributed by atoms with Gasteiger partial charge in [0.15, 0.2) is 0 Å². The van der Waals surface area contributed by atoms with Crippen LogP contribution in [0.1, 0.15) is 20.3 Å². The van der Waals surface area contributed by atoms with Crippen molar-refractivity contribution < 1.29 is 14.3 Å². The molecule has 0 saturated carbocycles. The summed E-state index contributed by atoms with van der Waals surface area (Å²) in [4.78, 5) is 14.3. The minimum atomic E-state index is 0.0342. The van der Waals surface area contributed by atoms with Gasteiger partial charge in [-0.25, -0.2) is 0 Å². The van der Waals surface area contributed by atoms with Crippen molar-refractivity contribution in [2.75, 3.05) is 32.1 Å². The van der Waals surface area contributed by atoms with E-state index < -0.39 is 0 Å². The molecule has 0 radical (unpaired) electrons. The second-order valence-electron chi connectivity index (χ2n) is 5.54. The first-order valence-electron chi connectivity index (χ1n) is 7.38. The van der Waals surface area contributed by atoms with E-state index in [1.54, 1.807) is 7.11 Å². The maximum absolute atomic E-state index is 12.0. The van der Waals surface area contributed by atoms with Gasteiger partial charge in [0.2, 0.25) is 5.91 Å². The van der Waals surface area contributed by atoms with Crippen LogP contribution in [0.3, 0.4) is 0 Å². The molecule has 5 heteroatoms. The van der Waals surface area contributed by atoms with Crippen LogP contribution in [0.15, 0.2) is 24.3 Å². The molecule has 0 bridgehead atoms. The first kappa shape index (κ1) is 15.8. The SMILES string of the molecule is COc1ccc(NC(=O)CCN2C[C@@H](C)O[C@@H](C)C2)cc1. The minimum Gasteiger partial charge on any atom is -0.497 e. The van der Waals surface area contributed by atoms with E-state index in [4.69, 9.17) is 9.47 Å². The molecule has 116 valence electrons. The molecule has 1 N–H and O–H groups in total. The van der Waals surface area contributed by atoms with Crippen LogP contribution in [-0.2, 0) is 9.53 Å². The number of anilines is 1. The highest BCUT2D eigenvalue weighted by Crippen LogP contribution is 2.15. The Morgan fingerprint density at radius 3 is 2.48 bits per heavy atom. The van der Waals surface area contributed by atoms with Gasteiger partial charge in [-0.3, -0.25) is 9.69 Å². The van der Waals surface area contributed by atoms with Crippen molar-refractivity contribution in [2.24, 2.45) is 0 Å². The molecule has 5 nitrogen and oxygen atoms in total. The number of ether oxygens (including phenoxy) is 2. The fourth-order valence-corrected chi connectivity index (χ4v) is 2.62. The summed E-state index contributed by atoms with van der Waals surface area (Å²) in [5, 5.41) is 2.90. The first-order chi connectivity index (χ1) is 10.1. The topological polar surface area (TPSA) is 50.8 Å². The van der Waals surface area contributed by atoms with Crippen molar-refractivity contribution in [3.63, 3.8) is 0 Å². The van der Waals surface area contributed by atoms with Crippen molar-refractivity contribution in [2.45, 2.75) is 32.5 Å². The van der Waals surface area contributed by atoms with Crippen LogP contribution >= 0.6 is 0 Å². The number of hydrogen-bond donors (Lipinski definition) is 1. The minimum absolute atomic E-state index is 0.0342. The van der Waals surface area contributed by atoms with Crippen LogP contribution in [0.5, 0.6) is 5.75 Å². The number of hydrogen-bond acceptors (Lipinski definition) is 4. The van der Waals surface area contributed by atoms with Crippen molar-refractivity contribution in [1.82, 2.24) is 4.90 Å². The molecule has 1 aliphatic rings. The predicted octanol–water partition coefficient (Wildman–Crippen LogP) is 2.13. The van der Waals surface area contributed by atoms with Crippen LogP contribution < -0.4 is 10.1 Å². The van der Waals surface area contributed by atoms with E-state index in [1.165, 1.54) is 0 Å². The molecule has 2 rings (SSSR count). The van der Waals surface area contributed by atoms with E-state index in [-0.39, 0.29) is 18.1 Å². The average molecular weight is 292 g/mol. The van der Waals surface area contributed by atoms with Gasteiger partial charge in [-0.1, -0.05) is 0 Å². The van der Waals surface area contributed by atoms with Gasteiger partial charge < -0.3 is 14.8 Å². The Morgan fingerprint density at radius 1 is 1.29 bits per heavy atom. The monoisotopic (exact) mass is 292 g/mol. The van der Waals surface area contributed by atoms with E-state index in [9.17, 15) is 4.79 Å². The lowest BCUT2D eigenvalue weighted by atomic mass is 10.2. The summed E-state index contributed by atoms with van der Waals surface area (Å²) < 4.78 is 10.8. The van der Waals surface area contributed by atoms with E-state index >= 15 is 0 Å². The maximum atomic E-state index is 12.0. The Kier molecular flexibility index (Phi) is 5.59.